The van der Waals surface area contributed by atoms with Gasteiger partial charge in [-0.15, -0.1) is 0 Å². The summed E-state index contributed by atoms with van der Waals surface area (Å²) in [5.41, 5.74) is 2.25. The second-order valence-corrected chi connectivity index (χ2v) is 8.66. The van der Waals surface area contributed by atoms with E-state index < -0.39 is 10.0 Å². The zero-order valence-electron chi connectivity index (χ0n) is 16.8. The fraction of sp³-hybridized carbons (Fsp3) is 0.350. The molecule has 0 aliphatic rings. The van der Waals surface area contributed by atoms with E-state index in [1.54, 1.807) is 25.3 Å². The number of hydrogen-bond donors (Lipinski definition) is 1. The molecule has 1 amide bonds. The van der Waals surface area contributed by atoms with Crippen LogP contribution in [0, 0.1) is 6.92 Å². The van der Waals surface area contributed by atoms with Crippen molar-refractivity contribution in [3.63, 3.8) is 0 Å². The van der Waals surface area contributed by atoms with E-state index in [2.05, 4.69) is 5.32 Å². The van der Waals surface area contributed by atoms with Gasteiger partial charge < -0.3 is 14.8 Å². The summed E-state index contributed by atoms with van der Waals surface area (Å²) in [5, 5.41) is 2.84. The monoisotopic (exact) mass is 406 g/mol. The Bertz CT molecular complexity index is 955. The minimum Gasteiger partial charge on any atom is -0.496 e. The lowest BCUT2D eigenvalue weighted by Gasteiger charge is -2.15. The van der Waals surface area contributed by atoms with Crippen molar-refractivity contribution in [2.45, 2.75) is 24.7 Å². The highest BCUT2D eigenvalue weighted by Gasteiger charge is 2.19. The number of sulfonamides is 1. The minimum absolute atomic E-state index is 0.161. The van der Waals surface area contributed by atoms with E-state index in [1.807, 2.05) is 19.1 Å². The molecular formula is C20H26N2O5S. The topological polar surface area (TPSA) is 84.9 Å². The predicted octanol–water partition coefficient (Wildman–Crippen LogP) is 2.83. The summed E-state index contributed by atoms with van der Waals surface area (Å²) in [7, 11) is 2.44. The Balaban J connectivity index is 2.17. The zero-order valence-corrected chi connectivity index (χ0v) is 17.6. The molecule has 0 saturated heterocycles. The number of amides is 1. The lowest BCUT2D eigenvalue weighted by Crippen LogP contribution is -2.22. The smallest absolute Gasteiger partial charge is 0.242 e. The quantitative estimate of drug-likeness (QED) is 0.729. The SMILES string of the molecule is COc1ccc(S(=O)(=O)N(C)C)cc1CCC(=O)Nc1cc(C)ccc1OC. The number of carbonyl (C=O) groups excluding carboxylic acids is 1. The summed E-state index contributed by atoms with van der Waals surface area (Å²) < 4.78 is 36.4. The summed E-state index contributed by atoms with van der Waals surface area (Å²) in [6.45, 7) is 1.93. The van der Waals surface area contributed by atoms with Crippen molar-refractivity contribution in [3.8, 4) is 11.5 Å². The van der Waals surface area contributed by atoms with Crippen LogP contribution in [0.5, 0.6) is 11.5 Å². The van der Waals surface area contributed by atoms with Crippen LogP contribution in [0.3, 0.4) is 0 Å². The van der Waals surface area contributed by atoms with E-state index in [9.17, 15) is 13.2 Å². The van der Waals surface area contributed by atoms with Crippen LogP contribution in [-0.4, -0.2) is 46.9 Å². The molecule has 28 heavy (non-hydrogen) atoms. The molecule has 152 valence electrons. The van der Waals surface area contributed by atoms with Crippen molar-refractivity contribution in [3.05, 3.63) is 47.5 Å². The summed E-state index contributed by atoms with van der Waals surface area (Å²) in [5.74, 6) is 0.918. The molecule has 0 atom stereocenters. The van der Waals surface area contributed by atoms with Gasteiger partial charge in [-0.2, -0.15) is 0 Å². The van der Waals surface area contributed by atoms with E-state index in [1.165, 1.54) is 27.3 Å². The standard InChI is InChI=1S/C20H26N2O5S/c1-14-6-9-19(27-5)17(12-14)21-20(23)11-7-15-13-16(8-10-18(15)26-4)28(24,25)22(2)3/h6,8-10,12-13H,7,11H2,1-5H3,(H,21,23). The number of nitrogens with one attached hydrogen (secondary N) is 1. The number of anilines is 1. The number of benzene rings is 2. The maximum absolute atomic E-state index is 12.4. The average Bonchev–Trinajstić information content (AvgIpc) is 2.66. The lowest BCUT2D eigenvalue weighted by molar-refractivity contribution is -0.116. The highest BCUT2D eigenvalue weighted by atomic mass is 32.2. The zero-order chi connectivity index (χ0) is 20.9. The summed E-state index contributed by atoms with van der Waals surface area (Å²) >= 11 is 0. The van der Waals surface area contributed by atoms with Crippen LogP contribution in [0.1, 0.15) is 17.5 Å². The van der Waals surface area contributed by atoms with E-state index in [4.69, 9.17) is 9.47 Å². The minimum atomic E-state index is -3.56. The van der Waals surface area contributed by atoms with Gasteiger partial charge in [0.2, 0.25) is 15.9 Å². The molecule has 0 aliphatic heterocycles. The van der Waals surface area contributed by atoms with Gasteiger partial charge in [0.25, 0.3) is 0 Å². The largest absolute Gasteiger partial charge is 0.496 e. The highest BCUT2D eigenvalue weighted by molar-refractivity contribution is 7.89. The molecule has 0 aliphatic carbocycles. The number of methoxy groups -OCH3 is 2. The second-order valence-electron chi connectivity index (χ2n) is 6.51. The first kappa shape index (κ1) is 21.7. The van der Waals surface area contributed by atoms with Gasteiger partial charge in [0.15, 0.2) is 0 Å². The van der Waals surface area contributed by atoms with Gasteiger partial charge in [-0.25, -0.2) is 12.7 Å². The first-order valence-corrected chi connectivity index (χ1v) is 10.2. The third-order valence-electron chi connectivity index (χ3n) is 4.28. The van der Waals surface area contributed by atoms with Crippen LogP contribution in [0.2, 0.25) is 0 Å². The van der Waals surface area contributed by atoms with Crippen molar-refractivity contribution in [2.75, 3.05) is 33.6 Å². The summed E-state index contributed by atoms with van der Waals surface area (Å²) in [6, 6.07) is 10.2. The van der Waals surface area contributed by atoms with Crippen LogP contribution in [0.25, 0.3) is 0 Å². The Labute approximate surface area is 166 Å². The third kappa shape index (κ3) is 5.02. The normalized spacial score (nSPS) is 11.4. The number of carbonyl (C=O) groups is 1. The van der Waals surface area contributed by atoms with Crippen LogP contribution < -0.4 is 14.8 Å². The van der Waals surface area contributed by atoms with Crippen molar-refractivity contribution in [1.82, 2.24) is 4.31 Å². The summed E-state index contributed by atoms with van der Waals surface area (Å²) in [4.78, 5) is 12.6. The Kier molecular flexibility index (Phi) is 7.04. The van der Waals surface area contributed by atoms with E-state index in [0.717, 1.165) is 9.87 Å². The maximum Gasteiger partial charge on any atom is 0.242 e. The molecule has 0 saturated carbocycles. The van der Waals surface area contributed by atoms with E-state index >= 15 is 0 Å². The third-order valence-corrected chi connectivity index (χ3v) is 6.09. The number of rotatable bonds is 8. The highest BCUT2D eigenvalue weighted by Crippen LogP contribution is 2.27. The molecule has 0 bridgehead atoms. The van der Waals surface area contributed by atoms with Gasteiger partial charge in [0.1, 0.15) is 11.5 Å². The van der Waals surface area contributed by atoms with E-state index in [0.29, 0.717) is 29.2 Å². The number of hydrogen-bond acceptors (Lipinski definition) is 5. The molecule has 2 aromatic carbocycles. The van der Waals surface area contributed by atoms with Crippen molar-refractivity contribution in [2.24, 2.45) is 0 Å². The summed E-state index contributed by atoms with van der Waals surface area (Å²) in [6.07, 6.45) is 0.499. The molecule has 0 unspecified atom stereocenters. The molecule has 1 N–H and O–H groups in total. The van der Waals surface area contributed by atoms with Crippen molar-refractivity contribution in [1.29, 1.82) is 0 Å². The van der Waals surface area contributed by atoms with Crippen molar-refractivity contribution >= 4 is 21.6 Å². The molecule has 7 nitrogen and oxygen atoms in total. The molecule has 0 aromatic heterocycles. The van der Waals surface area contributed by atoms with Crippen LogP contribution in [0.15, 0.2) is 41.3 Å². The Morgan fingerprint density at radius 3 is 2.29 bits per heavy atom. The van der Waals surface area contributed by atoms with Gasteiger partial charge in [0, 0.05) is 20.5 Å². The van der Waals surface area contributed by atoms with E-state index in [-0.39, 0.29) is 17.2 Å². The maximum atomic E-state index is 12.4. The molecule has 2 rings (SSSR count). The molecular weight excluding hydrogens is 380 g/mol. The molecule has 8 heteroatoms. The number of ether oxygens (including phenoxy) is 2. The second kappa shape index (κ2) is 9.07. The fourth-order valence-corrected chi connectivity index (χ4v) is 3.65. The van der Waals surface area contributed by atoms with Gasteiger partial charge in [0.05, 0.1) is 24.8 Å². The molecule has 0 spiro atoms. The van der Waals surface area contributed by atoms with Gasteiger partial charge in [-0.1, -0.05) is 6.07 Å². The number of aryl methyl sites for hydroxylation is 2. The Morgan fingerprint density at radius 2 is 1.68 bits per heavy atom. The fourth-order valence-electron chi connectivity index (χ4n) is 2.70. The first-order chi connectivity index (χ1) is 13.2. The van der Waals surface area contributed by atoms with Crippen LogP contribution >= 0.6 is 0 Å². The van der Waals surface area contributed by atoms with Crippen LogP contribution in [-0.2, 0) is 21.2 Å². The lowest BCUT2D eigenvalue weighted by atomic mass is 10.1. The Morgan fingerprint density at radius 1 is 1.04 bits per heavy atom. The molecule has 0 radical (unpaired) electrons. The molecule has 2 aromatic rings. The Hall–Kier alpha value is -2.58. The van der Waals surface area contributed by atoms with Crippen molar-refractivity contribution < 1.29 is 22.7 Å². The molecule has 0 fully saturated rings. The van der Waals surface area contributed by atoms with Gasteiger partial charge in [-0.05, 0) is 54.8 Å². The van der Waals surface area contributed by atoms with Crippen LogP contribution in [0.4, 0.5) is 5.69 Å². The van der Waals surface area contributed by atoms with Gasteiger partial charge in [-0.3, -0.25) is 4.79 Å². The average molecular weight is 407 g/mol. The molecule has 0 heterocycles. The predicted molar refractivity (Wildman–Crippen MR) is 109 cm³/mol. The number of nitrogens with zero attached hydrogens (tertiary/aromatic N) is 1. The first-order valence-electron chi connectivity index (χ1n) is 8.73. The van der Waals surface area contributed by atoms with Gasteiger partial charge >= 0.3 is 0 Å².